The number of hydrogen-bond donors (Lipinski definition) is 2. The van der Waals surface area contributed by atoms with E-state index >= 15 is 0 Å². The maximum Gasteiger partial charge on any atom is 0.242 e. The number of rotatable bonds is 6. The number of benzene rings is 1. The predicted octanol–water partition coefficient (Wildman–Crippen LogP) is 0.743. The van der Waals surface area contributed by atoms with Crippen LogP contribution in [0.2, 0.25) is 0 Å². The summed E-state index contributed by atoms with van der Waals surface area (Å²) in [5.74, 6) is -0.645. The van der Waals surface area contributed by atoms with Crippen molar-refractivity contribution in [2.75, 3.05) is 20.6 Å². The van der Waals surface area contributed by atoms with Crippen LogP contribution in [0.1, 0.15) is 25.5 Å². The maximum absolute atomic E-state index is 12.4. The van der Waals surface area contributed by atoms with E-state index in [1.807, 2.05) is 0 Å². The lowest BCUT2D eigenvalue weighted by Crippen LogP contribution is -2.37. The fraction of sp³-hybridized carbons (Fsp3) is 0.500. The van der Waals surface area contributed by atoms with Crippen molar-refractivity contribution in [2.45, 2.75) is 24.8 Å². The lowest BCUT2D eigenvalue weighted by atomic mass is 10.1. The fourth-order valence-corrected chi connectivity index (χ4v) is 3.17. The van der Waals surface area contributed by atoms with Crippen molar-refractivity contribution in [1.29, 1.82) is 0 Å². The summed E-state index contributed by atoms with van der Waals surface area (Å²) in [7, 11) is -0.689. The molecule has 0 aliphatic carbocycles. The third kappa shape index (κ3) is 4.26. The molecule has 2 atom stereocenters. The van der Waals surface area contributed by atoms with Gasteiger partial charge in [0.25, 0.3) is 0 Å². The average molecular weight is 314 g/mol. The first-order chi connectivity index (χ1) is 9.70. The third-order valence-electron chi connectivity index (χ3n) is 3.30. The van der Waals surface area contributed by atoms with Gasteiger partial charge >= 0.3 is 0 Å². The van der Waals surface area contributed by atoms with Gasteiger partial charge < -0.3 is 10.4 Å². The van der Waals surface area contributed by atoms with Crippen molar-refractivity contribution < 1.29 is 18.3 Å². The summed E-state index contributed by atoms with van der Waals surface area (Å²) < 4.78 is 25.9. The molecule has 0 saturated heterocycles. The molecule has 0 radical (unpaired) electrons. The van der Waals surface area contributed by atoms with Crippen LogP contribution in [0.4, 0.5) is 0 Å². The highest BCUT2D eigenvalue weighted by atomic mass is 32.2. The van der Waals surface area contributed by atoms with Gasteiger partial charge in [-0.15, -0.1) is 0 Å². The number of aliphatic hydroxyl groups is 1. The number of hydrogen-bond acceptors (Lipinski definition) is 4. The Hall–Kier alpha value is -1.44. The number of nitrogens with one attached hydrogen (secondary N) is 1. The number of aliphatic hydroxyl groups excluding tert-OH is 1. The molecule has 0 aliphatic heterocycles. The zero-order chi connectivity index (χ0) is 16.2. The second-order valence-electron chi connectivity index (χ2n) is 5.05. The summed E-state index contributed by atoms with van der Waals surface area (Å²) in [6, 6.07) is 6.07. The first-order valence-corrected chi connectivity index (χ1v) is 8.10. The molecule has 1 aromatic carbocycles. The molecule has 21 heavy (non-hydrogen) atoms. The van der Waals surface area contributed by atoms with Crippen molar-refractivity contribution in [3.8, 4) is 0 Å². The number of nitrogens with zero attached hydrogens (tertiary/aromatic N) is 1. The molecule has 2 N–H and O–H groups in total. The smallest absolute Gasteiger partial charge is 0.242 e. The molecule has 0 fully saturated rings. The molecule has 0 bridgehead atoms. The average Bonchev–Trinajstić information content (AvgIpc) is 2.46. The van der Waals surface area contributed by atoms with Gasteiger partial charge in [0, 0.05) is 26.6 Å². The monoisotopic (exact) mass is 314 g/mol. The molecule has 1 aromatic rings. The first-order valence-electron chi connectivity index (χ1n) is 6.66. The molecule has 0 aromatic heterocycles. The number of amides is 1. The van der Waals surface area contributed by atoms with Gasteiger partial charge in [0.1, 0.15) is 0 Å². The van der Waals surface area contributed by atoms with Crippen molar-refractivity contribution in [3.63, 3.8) is 0 Å². The fourth-order valence-electron chi connectivity index (χ4n) is 1.91. The van der Waals surface area contributed by atoms with Gasteiger partial charge in [-0.2, -0.15) is 0 Å². The lowest BCUT2D eigenvalue weighted by Gasteiger charge is -2.20. The summed E-state index contributed by atoms with van der Waals surface area (Å²) in [4.78, 5) is 11.6. The molecule has 7 heteroatoms. The number of sulfonamides is 1. The van der Waals surface area contributed by atoms with Crippen molar-refractivity contribution in [3.05, 3.63) is 29.8 Å². The van der Waals surface area contributed by atoms with E-state index in [1.54, 1.807) is 26.0 Å². The Morgan fingerprint density at radius 2 is 1.81 bits per heavy atom. The Kier molecular flexibility index (Phi) is 5.88. The van der Waals surface area contributed by atoms with Gasteiger partial charge in [-0.05, 0) is 24.6 Å². The molecule has 6 nitrogen and oxygen atoms in total. The maximum atomic E-state index is 12.4. The van der Waals surface area contributed by atoms with Crippen LogP contribution in [0, 0.1) is 5.92 Å². The van der Waals surface area contributed by atoms with E-state index < -0.39 is 22.0 Å². The Morgan fingerprint density at radius 1 is 1.29 bits per heavy atom. The second-order valence-corrected chi connectivity index (χ2v) is 7.09. The summed E-state index contributed by atoms with van der Waals surface area (Å²) >= 11 is 0. The highest BCUT2D eigenvalue weighted by Crippen LogP contribution is 2.19. The Labute approximate surface area is 125 Å². The van der Waals surface area contributed by atoms with Crippen LogP contribution in [0.3, 0.4) is 0 Å². The molecule has 0 spiro atoms. The number of carbonyl (C=O) groups excluding carboxylic acids is 1. The molecule has 0 aliphatic rings. The molecule has 1 rings (SSSR count). The lowest BCUT2D eigenvalue weighted by molar-refractivity contribution is -0.124. The zero-order valence-electron chi connectivity index (χ0n) is 12.7. The Morgan fingerprint density at radius 3 is 2.24 bits per heavy atom. The summed E-state index contributed by atoms with van der Waals surface area (Å²) in [5, 5.41) is 11.9. The van der Waals surface area contributed by atoms with Crippen molar-refractivity contribution in [2.24, 2.45) is 5.92 Å². The first kappa shape index (κ1) is 17.6. The van der Waals surface area contributed by atoms with Gasteiger partial charge in [-0.3, -0.25) is 4.79 Å². The van der Waals surface area contributed by atoms with Crippen molar-refractivity contribution >= 4 is 15.9 Å². The number of carbonyl (C=O) groups is 1. The van der Waals surface area contributed by atoms with Gasteiger partial charge in [-0.1, -0.05) is 19.1 Å². The standard InChI is InChI=1S/C14H22N2O4S/c1-10(14(18)15-3)9-16(4)21(19,20)13-7-5-12(6-8-13)11(2)17/h5-8,10-11,17H,9H2,1-4H3,(H,15,18). The van der Waals surface area contributed by atoms with E-state index in [-0.39, 0.29) is 17.3 Å². The minimum atomic E-state index is -3.65. The van der Waals surface area contributed by atoms with Crippen LogP contribution in [-0.2, 0) is 14.8 Å². The topological polar surface area (TPSA) is 86.7 Å². The summed E-state index contributed by atoms with van der Waals surface area (Å²) in [6.45, 7) is 3.38. The van der Waals surface area contributed by atoms with E-state index in [1.165, 1.54) is 26.2 Å². The third-order valence-corrected chi connectivity index (χ3v) is 5.13. The molecule has 2 unspecified atom stereocenters. The van der Waals surface area contributed by atoms with E-state index in [9.17, 15) is 18.3 Å². The van der Waals surface area contributed by atoms with Crippen LogP contribution in [0.15, 0.2) is 29.2 Å². The minimum Gasteiger partial charge on any atom is -0.389 e. The largest absolute Gasteiger partial charge is 0.389 e. The van der Waals surface area contributed by atoms with Gasteiger partial charge in [0.05, 0.1) is 11.0 Å². The summed E-state index contributed by atoms with van der Waals surface area (Å²) in [5.41, 5.74) is 0.648. The Bertz CT molecular complexity index is 581. The van der Waals surface area contributed by atoms with Crippen molar-refractivity contribution in [1.82, 2.24) is 9.62 Å². The highest BCUT2D eigenvalue weighted by molar-refractivity contribution is 7.89. The van der Waals surface area contributed by atoms with Gasteiger partial charge in [0.15, 0.2) is 0 Å². The van der Waals surface area contributed by atoms with Crippen LogP contribution >= 0.6 is 0 Å². The molecule has 0 saturated carbocycles. The normalized spacial score (nSPS) is 14.8. The summed E-state index contributed by atoms with van der Waals surface area (Å²) in [6.07, 6.45) is -0.646. The molecular formula is C14H22N2O4S. The van der Waals surface area contributed by atoms with Gasteiger partial charge in [-0.25, -0.2) is 12.7 Å². The predicted molar refractivity (Wildman–Crippen MR) is 80.1 cm³/mol. The SMILES string of the molecule is CNC(=O)C(C)CN(C)S(=O)(=O)c1ccc(C(C)O)cc1. The van der Waals surface area contributed by atoms with E-state index in [4.69, 9.17) is 0 Å². The van der Waals surface area contributed by atoms with Crippen LogP contribution in [0.25, 0.3) is 0 Å². The second kappa shape index (κ2) is 7.02. The van der Waals surface area contributed by atoms with E-state index in [0.29, 0.717) is 5.56 Å². The van der Waals surface area contributed by atoms with E-state index in [0.717, 1.165) is 4.31 Å². The quantitative estimate of drug-likeness (QED) is 0.811. The van der Waals surface area contributed by atoms with Crippen LogP contribution in [0.5, 0.6) is 0 Å². The Balaban J connectivity index is 2.91. The van der Waals surface area contributed by atoms with Crippen LogP contribution in [-0.4, -0.2) is 44.4 Å². The molecular weight excluding hydrogens is 292 g/mol. The highest BCUT2D eigenvalue weighted by Gasteiger charge is 2.24. The van der Waals surface area contributed by atoms with Crippen LogP contribution < -0.4 is 5.32 Å². The minimum absolute atomic E-state index is 0.0974. The van der Waals surface area contributed by atoms with Gasteiger partial charge in [0.2, 0.25) is 15.9 Å². The molecule has 0 heterocycles. The zero-order valence-corrected chi connectivity index (χ0v) is 13.5. The molecule has 1 amide bonds. The van der Waals surface area contributed by atoms with E-state index in [2.05, 4.69) is 5.32 Å². The molecule has 118 valence electrons.